The molecule has 2 amide bonds. The fraction of sp³-hybridized carbons (Fsp3) is 0.286. The number of morpholine rings is 1. The number of carbonyl (C=O) groups is 1. The zero-order valence-electron chi connectivity index (χ0n) is 23.3. The Kier molecular flexibility index (Phi) is 8.99. The van der Waals surface area contributed by atoms with Gasteiger partial charge < -0.3 is 26.0 Å². The number of halogens is 4. The molecule has 4 N–H and O–H groups in total. The fourth-order valence-corrected chi connectivity index (χ4v) is 4.67. The first kappa shape index (κ1) is 30.1. The lowest BCUT2D eigenvalue weighted by atomic mass is 10.1. The van der Waals surface area contributed by atoms with Crippen LogP contribution in [0.1, 0.15) is 16.8 Å². The maximum atomic E-state index is 13.2. The maximum absolute atomic E-state index is 13.2. The van der Waals surface area contributed by atoms with Crippen LogP contribution in [0.2, 0.25) is 5.02 Å². The summed E-state index contributed by atoms with van der Waals surface area (Å²) in [5, 5.41) is 15.8. The summed E-state index contributed by atoms with van der Waals surface area (Å²) in [5.41, 5.74) is 1.69. The fourth-order valence-electron chi connectivity index (χ4n) is 4.45. The number of nitrogens with zero attached hydrogens (tertiary/aromatic N) is 5. The van der Waals surface area contributed by atoms with Gasteiger partial charge in [0.25, 0.3) is 0 Å². The number of aromatic nitrogens is 4. The normalized spacial score (nSPS) is 13.9. The summed E-state index contributed by atoms with van der Waals surface area (Å²) in [5.74, 6) is 1.80. The van der Waals surface area contributed by atoms with E-state index in [0.29, 0.717) is 48.6 Å². The second-order valence-electron chi connectivity index (χ2n) is 9.76. The second-order valence-corrected chi connectivity index (χ2v) is 10.2. The summed E-state index contributed by atoms with van der Waals surface area (Å²) in [6.45, 7) is 5.45. The van der Waals surface area contributed by atoms with E-state index in [4.69, 9.17) is 21.4 Å². The van der Waals surface area contributed by atoms with Gasteiger partial charge in [-0.25, -0.2) is 14.8 Å². The van der Waals surface area contributed by atoms with Gasteiger partial charge in [-0.3, -0.25) is 4.90 Å². The first-order chi connectivity index (χ1) is 20.6. The lowest BCUT2D eigenvalue weighted by molar-refractivity contribution is -0.137. The quantitative estimate of drug-likeness (QED) is 0.193. The van der Waals surface area contributed by atoms with E-state index in [2.05, 4.69) is 36.1 Å². The summed E-state index contributed by atoms with van der Waals surface area (Å²) in [6.07, 6.45) is -3.21. The van der Waals surface area contributed by atoms with E-state index in [0.717, 1.165) is 36.5 Å². The van der Waals surface area contributed by atoms with Gasteiger partial charge in [-0.1, -0.05) is 17.7 Å². The molecule has 5 rings (SSSR count). The molecule has 1 aliphatic heterocycles. The number of carbonyl (C=O) groups excluding carboxylic acids is 1. The molecule has 1 aliphatic rings. The van der Waals surface area contributed by atoms with Crippen molar-refractivity contribution in [3.63, 3.8) is 0 Å². The molecule has 3 heterocycles. The van der Waals surface area contributed by atoms with Crippen molar-refractivity contribution in [1.29, 1.82) is 0 Å². The van der Waals surface area contributed by atoms with Crippen molar-refractivity contribution in [3.05, 3.63) is 76.7 Å². The Morgan fingerprint density at radius 1 is 1.02 bits per heavy atom. The predicted octanol–water partition coefficient (Wildman–Crippen LogP) is 5.90. The minimum Gasteiger partial charge on any atom is -0.379 e. The van der Waals surface area contributed by atoms with Crippen molar-refractivity contribution in [2.75, 3.05) is 54.6 Å². The molecular formula is C28H29ClF3N9O2. The zero-order valence-corrected chi connectivity index (χ0v) is 24.1. The predicted molar refractivity (Wildman–Crippen MR) is 158 cm³/mol. The van der Waals surface area contributed by atoms with Gasteiger partial charge in [-0.05, 0) is 42.8 Å². The molecule has 43 heavy (non-hydrogen) atoms. The third-order valence-electron chi connectivity index (χ3n) is 6.66. The van der Waals surface area contributed by atoms with Gasteiger partial charge in [0.1, 0.15) is 18.0 Å². The summed E-state index contributed by atoms with van der Waals surface area (Å²) in [4.78, 5) is 23.5. The molecule has 2 aromatic carbocycles. The first-order valence-electron chi connectivity index (χ1n) is 13.3. The van der Waals surface area contributed by atoms with E-state index in [1.54, 1.807) is 36.0 Å². The van der Waals surface area contributed by atoms with E-state index >= 15 is 0 Å². The van der Waals surface area contributed by atoms with Crippen molar-refractivity contribution in [2.45, 2.75) is 19.6 Å². The zero-order chi connectivity index (χ0) is 30.6. The average Bonchev–Trinajstić information content (AvgIpc) is 3.37. The third-order valence-corrected chi connectivity index (χ3v) is 6.99. The minimum absolute atomic E-state index is 0.0535. The van der Waals surface area contributed by atoms with Crippen molar-refractivity contribution in [1.82, 2.24) is 24.6 Å². The van der Waals surface area contributed by atoms with Crippen molar-refractivity contribution >= 4 is 46.3 Å². The number of anilines is 5. The van der Waals surface area contributed by atoms with Crippen LogP contribution in [-0.4, -0.2) is 64.0 Å². The molecule has 0 unspecified atom stereocenters. The Balaban J connectivity index is 1.37. The van der Waals surface area contributed by atoms with Crippen molar-refractivity contribution in [2.24, 2.45) is 0 Å². The first-order valence-corrected chi connectivity index (χ1v) is 13.7. The summed E-state index contributed by atoms with van der Waals surface area (Å²) in [6, 6.07) is 11.4. The Bertz CT molecular complexity index is 1610. The van der Waals surface area contributed by atoms with Crippen LogP contribution in [0.15, 0.2) is 54.9 Å². The van der Waals surface area contributed by atoms with Crippen molar-refractivity contribution < 1.29 is 22.7 Å². The molecule has 15 heteroatoms. The SMILES string of the molecule is CNc1cc(-n2nc(CN3CCOCC3)cc2Nc2cc(NC(=O)Nc3ccc(Cl)c(C(F)(F)F)c3)ccc2C)ncn1. The summed E-state index contributed by atoms with van der Waals surface area (Å²) >= 11 is 5.68. The number of urea groups is 1. The maximum Gasteiger partial charge on any atom is 0.417 e. The number of aryl methyl sites for hydroxylation is 1. The number of hydrogen-bond donors (Lipinski definition) is 4. The Morgan fingerprint density at radius 3 is 2.47 bits per heavy atom. The van der Waals surface area contributed by atoms with E-state index in [-0.39, 0.29) is 5.69 Å². The lowest BCUT2D eigenvalue weighted by Crippen LogP contribution is -2.35. The van der Waals surface area contributed by atoms with E-state index < -0.39 is 22.8 Å². The van der Waals surface area contributed by atoms with Crippen LogP contribution >= 0.6 is 11.6 Å². The van der Waals surface area contributed by atoms with Crippen LogP contribution in [0.3, 0.4) is 0 Å². The van der Waals surface area contributed by atoms with E-state index in [1.807, 2.05) is 13.0 Å². The molecule has 0 radical (unpaired) electrons. The smallest absolute Gasteiger partial charge is 0.379 e. The van der Waals surface area contributed by atoms with Crippen LogP contribution in [0.5, 0.6) is 0 Å². The van der Waals surface area contributed by atoms with Gasteiger partial charge >= 0.3 is 12.2 Å². The van der Waals surface area contributed by atoms with Gasteiger partial charge in [0.15, 0.2) is 5.82 Å². The van der Waals surface area contributed by atoms with Gasteiger partial charge in [0.05, 0.1) is 29.5 Å². The van der Waals surface area contributed by atoms with Crippen LogP contribution in [0.4, 0.5) is 46.7 Å². The van der Waals surface area contributed by atoms with E-state index in [9.17, 15) is 18.0 Å². The van der Waals surface area contributed by atoms with Gasteiger partial charge in [-0.2, -0.15) is 23.0 Å². The molecule has 1 saturated heterocycles. The highest BCUT2D eigenvalue weighted by molar-refractivity contribution is 6.31. The molecule has 4 aromatic rings. The number of alkyl halides is 3. The number of benzene rings is 2. The van der Waals surface area contributed by atoms with Gasteiger partial charge in [-0.15, -0.1) is 0 Å². The number of rotatable bonds is 8. The Labute approximate surface area is 250 Å². The summed E-state index contributed by atoms with van der Waals surface area (Å²) in [7, 11) is 1.76. The number of amides is 2. The van der Waals surface area contributed by atoms with Crippen LogP contribution in [-0.2, 0) is 17.5 Å². The highest BCUT2D eigenvalue weighted by Gasteiger charge is 2.33. The highest BCUT2D eigenvalue weighted by atomic mass is 35.5. The molecule has 0 bridgehead atoms. The third kappa shape index (κ3) is 7.52. The molecule has 1 fully saturated rings. The molecular weight excluding hydrogens is 587 g/mol. The molecule has 0 aliphatic carbocycles. The Morgan fingerprint density at radius 2 is 1.74 bits per heavy atom. The molecule has 226 valence electrons. The van der Waals surface area contributed by atoms with Crippen molar-refractivity contribution in [3.8, 4) is 5.82 Å². The topological polar surface area (TPSA) is 121 Å². The second kappa shape index (κ2) is 12.9. The average molecular weight is 616 g/mol. The standard InChI is InChI=1S/C28H29ClF3N9O2/c1-17-3-4-19(37-27(42)36-18-5-6-22(29)21(11-18)28(30,31)32)12-23(17)38-26-13-20(15-40-7-9-43-10-8-40)39-41(26)25-14-24(33-2)34-16-35-25/h3-6,11-14,16,38H,7-10,15H2,1-2H3,(H,33,34,35)(H2,36,37,42). The molecule has 2 aromatic heterocycles. The highest BCUT2D eigenvalue weighted by Crippen LogP contribution is 2.36. The van der Waals surface area contributed by atoms with Gasteiger partial charge in [0, 0.05) is 55.9 Å². The van der Waals surface area contributed by atoms with Crippen LogP contribution in [0.25, 0.3) is 5.82 Å². The van der Waals surface area contributed by atoms with Gasteiger partial charge in [0.2, 0.25) is 0 Å². The monoisotopic (exact) mass is 615 g/mol. The minimum atomic E-state index is -4.66. The number of hydrogen-bond acceptors (Lipinski definition) is 8. The van der Waals surface area contributed by atoms with Crippen LogP contribution < -0.4 is 21.3 Å². The number of ether oxygens (including phenoxy) is 1. The molecule has 0 spiro atoms. The molecule has 0 saturated carbocycles. The molecule has 0 atom stereocenters. The lowest BCUT2D eigenvalue weighted by Gasteiger charge is -2.25. The molecule has 11 nitrogen and oxygen atoms in total. The van der Waals surface area contributed by atoms with E-state index in [1.165, 1.54) is 12.4 Å². The Hall–Kier alpha value is -4.40. The summed E-state index contributed by atoms with van der Waals surface area (Å²) < 4.78 is 46.8. The van der Waals surface area contributed by atoms with Crippen LogP contribution in [0, 0.1) is 6.92 Å². The largest absolute Gasteiger partial charge is 0.417 e. The number of nitrogens with one attached hydrogen (secondary N) is 4.